The number of carbonyl (C=O) groups excluding carboxylic acids is 1. The fourth-order valence-corrected chi connectivity index (χ4v) is 4.14. The Morgan fingerprint density at radius 2 is 2.00 bits per heavy atom. The van der Waals surface area contributed by atoms with Crippen LogP contribution in [0.5, 0.6) is 0 Å². The van der Waals surface area contributed by atoms with Crippen molar-refractivity contribution in [2.45, 2.75) is 43.0 Å². The molecule has 0 heterocycles. The molecule has 7 heteroatoms. The Hall–Kier alpha value is -1.47. The fraction of sp³-hybridized carbons (Fsp3) is 0.562. The second-order valence-corrected chi connectivity index (χ2v) is 8.48. The third-order valence-electron chi connectivity index (χ3n) is 4.41. The zero-order valence-corrected chi connectivity index (χ0v) is 14.0. The van der Waals surface area contributed by atoms with Crippen molar-refractivity contribution in [1.82, 2.24) is 5.32 Å². The van der Waals surface area contributed by atoms with Gasteiger partial charge in [-0.2, -0.15) is 0 Å². The minimum Gasteiger partial charge on any atom is -0.355 e. The summed E-state index contributed by atoms with van der Waals surface area (Å²) in [4.78, 5) is 12.3. The van der Waals surface area contributed by atoms with Gasteiger partial charge in [-0.05, 0) is 44.0 Å². The third-order valence-corrected chi connectivity index (χ3v) is 6.15. The lowest BCUT2D eigenvalue weighted by Crippen LogP contribution is -2.53. The molecule has 0 radical (unpaired) electrons. The lowest BCUT2D eigenvalue weighted by molar-refractivity contribution is -0.127. The van der Waals surface area contributed by atoms with E-state index in [0.29, 0.717) is 0 Å². The highest BCUT2D eigenvalue weighted by Crippen LogP contribution is 2.31. The molecule has 2 rings (SSSR count). The van der Waals surface area contributed by atoms with E-state index in [1.54, 1.807) is 0 Å². The van der Waals surface area contributed by atoms with Gasteiger partial charge in [0.05, 0.1) is 16.6 Å². The molecule has 3 N–H and O–H groups in total. The molecule has 5 nitrogen and oxygen atoms in total. The molecule has 1 fully saturated rings. The van der Waals surface area contributed by atoms with Crippen molar-refractivity contribution in [2.24, 2.45) is 11.7 Å². The van der Waals surface area contributed by atoms with E-state index in [-0.39, 0.29) is 29.0 Å². The van der Waals surface area contributed by atoms with Gasteiger partial charge in [0.25, 0.3) is 0 Å². The van der Waals surface area contributed by atoms with Crippen LogP contribution in [0.3, 0.4) is 0 Å². The lowest BCUT2D eigenvalue weighted by Gasteiger charge is -2.37. The quantitative estimate of drug-likeness (QED) is 0.796. The molecule has 0 spiro atoms. The van der Waals surface area contributed by atoms with E-state index in [0.717, 1.165) is 37.8 Å². The van der Waals surface area contributed by atoms with Gasteiger partial charge in [-0.15, -0.1) is 0 Å². The molecular weight excluding hydrogens is 319 g/mol. The Labute approximate surface area is 136 Å². The molecule has 0 aliphatic heterocycles. The van der Waals surface area contributed by atoms with Crippen molar-refractivity contribution in [3.63, 3.8) is 0 Å². The second-order valence-electron chi connectivity index (χ2n) is 6.37. The van der Waals surface area contributed by atoms with Gasteiger partial charge < -0.3 is 11.1 Å². The number of carbonyl (C=O) groups is 1. The molecule has 1 aliphatic carbocycles. The predicted molar refractivity (Wildman–Crippen MR) is 86.0 cm³/mol. The molecule has 0 bridgehead atoms. The Bertz CT molecular complexity index is 656. The van der Waals surface area contributed by atoms with Gasteiger partial charge in [-0.3, -0.25) is 4.79 Å². The maximum atomic E-state index is 12.8. The summed E-state index contributed by atoms with van der Waals surface area (Å²) in [7, 11) is -3.54. The first-order valence-corrected chi connectivity index (χ1v) is 9.42. The molecular formula is C16H23FN2O3S. The van der Waals surface area contributed by atoms with E-state index in [4.69, 9.17) is 5.73 Å². The zero-order valence-electron chi connectivity index (χ0n) is 13.2. The molecule has 1 aromatic rings. The van der Waals surface area contributed by atoms with Crippen molar-refractivity contribution in [2.75, 3.05) is 12.3 Å². The summed E-state index contributed by atoms with van der Waals surface area (Å²) < 4.78 is 37.1. The van der Waals surface area contributed by atoms with Gasteiger partial charge in [-0.1, -0.05) is 12.8 Å². The molecule has 1 aliphatic rings. The number of benzene rings is 1. The SMILES string of the molecule is CC1(N)CCCCC1C(=O)NCCS(=O)(=O)c1ccc(F)cc1. The summed E-state index contributed by atoms with van der Waals surface area (Å²) >= 11 is 0. The number of amides is 1. The van der Waals surface area contributed by atoms with Crippen molar-refractivity contribution in [3.8, 4) is 0 Å². The Kier molecular flexibility index (Phi) is 5.41. The van der Waals surface area contributed by atoms with Gasteiger partial charge >= 0.3 is 0 Å². The van der Waals surface area contributed by atoms with Crippen LogP contribution in [0.1, 0.15) is 32.6 Å². The van der Waals surface area contributed by atoms with E-state index in [2.05, 4.69) is 5.32 Å². The minimum atomic E-state index is -3.54. The normalized spacial score (nSPS) is 25.1. The molecule has 2 atom stereocenters. The van der Waals surface area contributed by atoms with Crippen molar-refractivity contribution in [1.29, 1.82) is 0 Å². The molecule has 23 heavy (non-hydrogen) atoms. The minimum absolute atomic E-state index is 0.0190. The van der Waals surface area contributed by atoms with E-state index >= 15 is 0 Å². The first-order chi connectivity index (χ1) is 10.7. The topological polar surface area (TPSA) is 89.3 Å². The predicted octanol–water partition coefficient (Wildman–Crippen LogP) is 1.62. The molecule has 0 aromatic heterocycles. The third kappa shape index (κ3) is 4.51. The molecule has 1 saturated carbocycles. The van der Waals surface area contributed by atoms with E-state index in [1.807, 2.05) is 6.92 Å². The summed E-state index contributed by atoms with van der Waals surface area (Å²) in [5, 5.41) is 2.67. The number of halogens is 1. The van der Waals surface area contributed by atoms with Crippen LogP contribution in [0.4, 0.5) is 4.39 Å². The van der Waals surface area contributed by atoms with Crippen LogP contribution in [-0.2, 0) is 14.6 Å². The Morgan fingerprint density at radius 1 is 1.35 bits per heavy atom. The summed E-state index contributed by atoms with van der Waals surface area (Å²) in [5.74, 6) is -1.19. The Morgan fingerprint density at radius 3 is 2.61 bits per heavy atom. The highest BCUT2D eigenvalue weighted by molar-refractivity contribution is 7.91. The maximum Gasteiger partial charge on any atom is 0.224 e. The highest BCUT2D eigenvalue weighted by Gasteiger charge is 2.37. The number of nitrogens with one attached hydrogen (secondary N) is 1. The van der Waals surface area contributed by atoms with Gasteiger partial charge in [-0.25, -0.2) is 12.8 Å². The van der Waals surface area contributed by atoms with Crippen LogP contribution in [0.15, 0.2) is 29.2 Å². The van der Waals surface area contributed by atoms with Crippen LogP contribution in [0.2, 0.25) is 0 Å². The first kappa shape index (κ1) is 17.9. The van der Waals surface area contributed by atoms with Crippen LogP contribution < -0.4 is 11.1 Å². The first-order valence-electron chi connectivity index (χ1n) is 7.77. The molecule has 0 saturated heterocycles. The standard InChI is InChI=1S/C16H23FN2O3S/c1-16(18)9-3-2-4-14(16)15(20)19-10-11-23(21,22)13-7-5-12(17)6-8-13/h5-8,14H,2-4,9-11,18H2,1H3,(H,19,20). The van der Waals surface area contributed by atoms with Crippen LogP contribution in [0.25, 0.3) is 0 Å². The maximum absolute atomic E-state index is 12.8. The van der Waals surface area contributed by atoms with Crippen molar-refractivity contribution >= 4 is 15.7 Å². The number of sulfone groups is 1. The lowest BCUT2D eigenvalue weighted by atomic mass is 9.74. The fourth-order valence-electron chi connectivity index (χ4n) is 2.98. The van der Waals surface area contributed by atoms with E-state index < -0.39 is 21.2 Å². The molecule has 128 valence electrons. The van der Waals surface area contributed by atoms with Gasteiger partial charge in [0.2, 0.25) is 5.91 Å². The molecule has 1 aromatic carbocycles. The van der Waals surface area contributed by atoms with E-state index in [1.165, 1.54) is 12.1 Å². The summed E-state index contributed by atoms with van der Waals surface area (Å²) in [6.07, 6.45) is 3.48. The number of hydrogen-bond donors (Lipinski definition) is 2. The average Bonchev–Trinajstić information content (AvgIpc) is 2.46. The summed E-state index contributed by atoms with van der Waals surface area (Å²) in [5.41, 5.74) is 5.63. The van der Waals surface area contributed by atoms with E-state index in [9.17, 15) is 17.6 Å². The van der Waals surface area contributed by atoms with Crippen LogP contribution in [0, 0.1) is 11.7 Å². The molecule has 1 amide bonds. The number of nitrogens with two attached hydrogens (primary N) is 1. The summed E-state index contributed by atoms with van der Waals surface area (Å²) in [6, 6.07) is 4.66. The summed E-state index contributed by atoms with van der Waals surface area (Å²) in [6.45, 7) is 1.89. The zero-order chi connectivity index (χ0) is 17.1. The van der Waals surface area contributed by atoms with Gasteiger partial charge in [0, 0.05) is 12.1 Å². The van der Waals surface area contributed by atoms with Crippen molar-refractivity contribution < 1.29 is 17.6 Å². The number of rotatable bonds is 5. The number of hydrogen-bond acceptors (Lipinski definition) is 4. The Balaban J connectivity index is 1.91. The van der Waals surface area contributed by atoms with Crippen LogP contribution >= 0.6 is 0 Å². The smallest absolute Gasteiger partial charge is 0.224 e. The second kappa shape index (κ2) is 6.97. The van der Waals surface area contributed by atoms with Gasteiger partial charge in [0.15, 0.2) is 9.84 Å². The molecule has 2 unspecified atom stereocenters. The average molecular weight is 342 g/mol. The van der Waals surface area contributed by atoms with Crippen LogP contribution in [-0.4, -0.2) is 32.2 Å². The van der Waals surface area contributed by atoms with Gasteiger partial charge in [0.1, 0.15) is 5.82 Å². The monoisotopic (exact) mass is 342 g/mol. The highest BCUT2D eigenvalue weighted by atomic mass is 32.2. The largest absolute Gasteiger partial charge is 0.355 e. The van der Waals surface area contributed by atoms with Crippen molar-refractivity contribution in [3.05, 3.63) is 30.1 Å².